The summed E-state index contributed by atoms with van der Waals surface area (Å²) >= 11 is 8.41. The maximum atomic E-state index is 12.3. The van der Waals surface area contributed by atoms with E-state index in [9.17, 15) is 9.59 Å². The van der Waals surface area contributed by atoms with Crippen LogP contribution in [-0.4, -0.2) is 24.0 Å². The van der Waals surface area contributed by atoms with Crippen molar-refractivity contribution in [1.29, 1.82) is 0 Å². The number of anilines is 2. The summed E-state index contributed by atoms with van der Waals surface area (Å²) < 4.78 is 5.86. The van der Waals surface area contributed by atoms with Gasteiger partial charge < -0.3 is 20.7 Å². The maximum absolute atomic E-state index is 12.3. The lowest BCUT2D eigenvalue weighted by atomic mass is 10.2. The Balaban J connectivity index is 1.98. The van der Waals surface area contributed by atoms with Gasteiger partial charge in [-0.05, 0) is 70.6 Å². The average Bonchev–Trinajstić information content (AvgIpc) is 2.63. The molecule has 0 aromatic heterocycles. The molecule has 2 rings (SSSR count). The van der Waals surface area contributed by atoms with Gasteiger partial charge in [0.2, 0.25) is 5.91 Å². The van der Waals surface area contributed by atoms with E-state index in [1.54, 1.807) is 56.5 Å². The van der Waals surface area contributed by atoms with E-state index in [1.165, 1.54) is 0 Å². The number of halogens is 1. The lowest BCUT2D eigenvalue weighted by molar-refractivity contribution is -0.119. The molecule has 0 aliphatic heterocycles. The van der Waals surface area contributed by atoms with Crippen LogP contribution in [0.2, 0.25) is 0 Å². The minimum absolute atomic E-state index is 0.156. The zero-order valence-corrected chi connectivity index (χ0v) is 16.7. The zero-order chi connectivity index (χ0) is 19.1. The van der Waals surface area contributed by atoms with Crippen molar-refractivity contribution in [2.45, 2.75) is 13.3 Å². The zero-order valence-electron chi connectivity index (χ0n) is 14.3. The highest BCUT2D eigenvalue weighted by Gasteiger charge is 2.09. The molecular weight excluding hydrogens is 418 g/mol. The van der Waals surface area contributed by atoms with Gasteiger partial charge in [-0.1, -0.05) is 6.92 Å². The maximum Gasteiger partial charge on any atom is 0.255 e. The summed E-state index contributed by atoms with van der Waals surface area (Å²) in [5.74, 6) is 0.264. The number of carbonyl (C=O) groups is 2. The van der Waals surface area contributed by atoms with Gasteiger partial charge in [-0.15, -0.1) is 0 Å². The second-order valence-corrected chi connectivity index (χ2v) is 6.50. The molecule has 26 heavy (non-hydrogen) atoms. The van der Waals surface area contributed by atoms with Crippen LogP contribution >= 0.6 is 28.1 Å². The van der Waals surface area contributed by atoms with Crippen LogP contribution < -0.4 is 20.7 Å². The molecule has 3 N–H and O–H groups in total. The summed E-state index contributed by atoms with van der Waals surface area (Å²) in [5, 5.41) is 8.51. The molecule has 0 unspecified atom stereocenters. The predicted octanol–water partition coefficient (Wildman–Crippen LogP) is 3.93. The predicted molar refractivity (Wildman–Crippen MR) is 110 cm³/mol. The number of benzene rings is 2. The fourth-order valence-electron chi connectivity index (χ4n) is 2.03. The molecule has 2 aromatic carbocycles. The molecule has 136 valence electrons. The molecular formula is C18H18BrN3O3S. The van der Waals surface area contributed by atoms with Crippen LogP contribution in [-0.2, 0) is 4.79 Å². The SMILES string of the molecule is CCC(=O)NC(=S)Nc1ccc(NC(=O)c2ccc(OC)c(Br)c2)cc1. The Hall–Kier alpha value is -2.45. The molecule has 2 aromatic rings. The number of thiocarbonyl (C=S) groups is 1. The first-order chi connectivity index (χ1) is 12.4. The van der Waals surface area contributed by atoms with Gasteiger partial charge >= 0.3 is 0 Å². The van der Waals surface area contributed by atoms with Crippen molar-refractivity contribution in [3.8, 4) is 5.75 Å². The Morgan fingerprint density at radius 3 is 2.23 bits per heavy atom. The molecule has 0 aliphatic carbocycles. The number of carbonyl (C=O) groups excluding carboxylic acids is 2. The van der Waals surface area contributed by atoms with Crippen molar-refractivity contribution in [3.63, 3.8) is 0 Å². The molecule has 0 atom stereocenters. The van der Waals surface area contributed by atoms with E-state index in [4.69, 9.17) is 17.0 Å². The Bertz CT molecular complexity index is 825. The van der Waals surface area contributed by atoms with Gasteiger partial charge in [0.05, 0.1) is 11.6 Å². The molecule has 0 fully saturated rings. The summed E-state index contributed by atoms with van der Waals surface area (Å²) in [5.41, 5.74) is 1.84. The molecule has 8 heteroatoms. The third-order valence-electron chi connectivity index (χ3n) is 3.39. The Morgan fingerprint density at radius 2 is 1.69 bits per heavy atom. The number of ether oxygens (including phenoxy) is 1. The van der Waals surface area contributed by atoms with Gasteiger partial charge in [-0.3, -0.25) is 9.59 Å². The van der Waals surface area contributed by atoms with Gasteiger partial charge in [-0.25, -0.2) is 0 Å². The minimum Gasteiger partial charge on any atom is -0.496 e. The summed E-state index contributed by atoms with van der Waals surface area (Å²) in [4.78, 5) is 23.6. The van der Waals surface area contributed by atoms with Crippen LogP contribution in [0.5, 0.6) is 5.75 Å². The number of rotatable bonds is 5. The van der Waals surface area contributed by atoms with Crippen LogP contribution in [0.25, 0.3) is 0 Å². The lowest BCUT2D eigenvalue weighted by Crippen LogP contribution is -2.33. The third-order valence-corrected chi connectivity index (χ3v) is 4.21. The molecule has 6 nitrogen and oxygen atoms in total. The fourth-order valence-corrected chi connectivity index (χ4v) is 2.80. The molecule has 2 amide bonds. The lowest BCUT2D eigenvalue weighted by Gasteiger charge is -2.10. The molecule has 0 bridgehead atoms. The Morgan fingerprint density at radius 1 is 1.08 bits per heavy atom. The second kappa shape index (κ2) is 9.30. The van der Waals surface area contributed by atoms with Gasteiger partial charge in [0, 0.05) is 23.4 Å². The first-order valence-electron chi connectivity index (χ1n) is 7.78. The normalized spacial score (nSPS) is 9.96. The largest absolute Gasteiger partial charge is 0.496 e. The molecule has 0 saturated carbocycles. The molecule has 0 saturated heterocycles. The number of methoxy groups -OCH3 is 1. The Kier molecular flexibility index (Phi) is 7.11. The topological polar surface area (TPSA) is 79.5 Å². The first-order valence-corrected chi connectivity index (χ1v) is 8.99. The van der Waals surface area contributed by atoms with Crippen molar-refractivity contribution in [2.24, 2.45) is 0 Å². The third kappa shape index (κ3) is 5.53. The van der Waals surface area contributed by atoms with Crippen molar-refractivity contribution in [2.75, 3.05) is 17.7 Å². The van der Waals surface area contributed by atoms with Crippen LogP contribution in [0.3, 0.4) is 0 Å². The highest BCUT2D eigenvalue weighted by Crippen LogP contribution is 2.26. The van der Waals surface area contributed by atoms with Crippen molar-refractivity contribution < 1.29 is 14.3 Å². The summed E-state index contributed by atoms with van der Waals surface area (Å²) in [7, 11) is 1.56. The fraction of sp³-hybridized carbons (Fsp3) is 0.167. The van der Waals surface area contributed by atoms with E-state index in [0.717, 1.165) is 0 Å². The van der Waals surface area contributed by atoms with Crippen LogP contribution in [0.15, 0.2) is 46.9 Å². The minimum atomic E-state index is -0.236. The van der Waals surface area contributed by atoms with E-state index in [1.807, 2.05) is 0 Å². The quantitative estimate of drug-likeness (QED) is 0.619. The average molecular weight is 436 g/mol. The summed E-state index contributed by atoms with van der Waals surface area (Å²) in [6.07, 6.45) is 0.355. The number of nitrogens with one attached hydrogen (secondary N) is 3. The highest BCUT2D eigenvalue weighted by atomic mass is 79.9. The number of amides is 2. The van der Waals surface area contributed by atoms with E-state index in [2.05, 4.69) is 31.9 Å². The molecule has 0 spiro atoms. The second-order valence-electron chi connectivity index (χ2n) is 5.24. The van der Waals surface area contributed by atoms with E-state index < -0.39 is 0 Å². The van der Waals surface area contributed by atoms with Gasteiger partial charge in [-0.2, -0.15) is 0 Å². The van der Waals surface area contributed by atoms with Crippen LogP contribution in [0.4, 0.5) is 11.4 Å². The van der Waals surface area contributed by atoms with E-state index in [0.29, 0.717) is 33.6 Å². The summed E-state index contributed by atoms with van der Waals surface area (Å²) in [6, 6.07) is 12.1. The molecule has 0 heterocycles. The van der Waals surface area contributed by atoms with E-state index >= 15 is 0 Å². The smallest absolute Gasteiger partial charge is 0.255 e. The first kappa shape index (κ1) is 19.9. The standard InChI is InChI=1S/C18H18BrN3O3S/c1-3-16(23)22-18(26)21-13-7-5-12(6-8-13)20-17(24)11-4-9-15(25-2)14(19)10-11/h4-10H,3H2,1-2H3,(H,20,24)(H2,21,22,23,26). The van der Waals surface area contributed by atoms with Gasteiger partial charge in [0.15, 0.2) is 5.11 Å². The summed E-state index contributed by atoms with van der Waals surface area (Å²) in [6.45, 7) is 1.75. The molecule has 0 radical (unpaired) electrons. The number of hydrogen-bond acceptors (Lipinski definition) is 4. The van der Waals surface area contributed by atoms with Gasteiger partial charge in [0.1, 0.15) is 5.75 Å². The monoisotopic (exact) mass is 435 g/mol. The number of hydrogen-bond donors (Lipinski definition) is 3. The Labute approximate surface area is 165 Å². The van der Waals surface area contributed by atoms with Crippen molar-refractivity contribution in [1.82, 2.24) is 5.32 Å². The highest BCUT2D eigenvalue weighted by molar-refractivity contribution is 9.10. The van der Waals surface area contributed by atoms with E-state index in [-0.39, 0.29) is 16.9 Å². The van der Waals surface area contributed by atoms with Gasteiger partial charge in [0.25, 0.3) is 5.91 Å². The van der Waals surface area contributed by atoms with Crippen molar-refractivity contribution in [3.05, 3.63) is 52.5 Å². The van der Waals surface area contributed by atoms with Crippen molar-refractivity contribution >= 4 is 56.4 Å². The van der Waals surface area contributed by atoms with Crippen LogP contribution in [0, 0.1) is 0 Å². The van der Waals surface area contributed by atoms with Crippen LogP contribution in [0.1, 0.15) is 23.7 Å². The molecule has 0 aliphatic rings.